The fraction of sp³-hybridized carbons (Fsp3) is 0.227. The molecule has 0 atom stereocenters. The van der Waals surface area contributed by atoms with Gasteiger partial charge < -0.3 is 4.74 Å². The number of nitrogens with zero attached hydrogens (tertiary/aromatic N) is 1. The van der Waals surface area contributed by atoms with Crippen molar-refractivity contribution >= 4 is 42.7 Å². The Bertz CT molecular complexity index is 1220. The monoisotopic (exact) mass is 473 g/mol. The van der Waals surface area contributed by atoms with Crippen molar-refractivity contribution in [1.29, 1.82) is 0 Å². The molecular formula is C22H20BrNO4S. The Kier molecular flexibility index (Phi) is 5.23. The van der Waals surface area contributed by atoms with Crippen LogP contribution in [0.3, 0.4) is 0 Å². The van der Waals surface area contributed by atoms with Crippen LogP contribution in [0.1, 0.15) is 27.0 Å². The molecule has 0 N–H and O–H groups in total. The van der Waals surface area contributed by atoms with Gasteiger partial charge in [0.05, 0.1) is 17.6 Å². The number of sulfonamides is 1. The van der Waals surface area contributed by atoms with Gasteiger partial charge in [-0.1, -0.05) is 23.8 Å². The Labute approximate surface area is 178 Å². The van der Waals surface area contributed by atoms with E-state index in [1.54, 1.807) is 24.3 Å². The van der Waals surface area contributed by atoms with Crippen LogP contribution in [-0.2, 0) is 27.7 Å². The van der Waals surface area contributed by atoms with E-state index < -0.39 is 16.0 Å². The molecule has 0 spiro atoms. The summed E-state index contributed by atoms with van der Waals surface area (Å²) in [5.41, 5.74) is 3.53. The number of halogens is 1. The second-order valence-corrected chi connectivity index (χ2v) is 9.89. The predicted molar refractivity (Wildman–Crippen MR) is 115 cm³/mol. The third-order valence-corrected chi connectivity index (χ3v) is 8.07. The van der Waals surface area contributed by atoms with E-state index >= 15 is 0 Å². The molecule has 0 saturated heterocycles. The van der Waals surface area contributed by atoms with Crippen molar-refractivity contribution in [3.05, 3.63) is 75.3 Å². The van der Waals surface area contributed by atoms with Gasteiger partial charge in [-0.15, -0.1) is 0 Å². The highest BCUT2D eigenvalue weighted by Crippen LogP contribution is 2.36. The molecule has 0 aliphatic carbocycles. The quantitative estimate of drug-likeness (QED) is 0.527. The van der Waals surface area contributed by atoms with E-state index in [4.69, 9.17) is 4.74 Å². The molecule has 150 valence electrons. The SMILES string of the molecule is COC(=O)c1ccc2c(Br)c3c(cc2c1)CN(S(=O)(=O)c1ccc(C)cc1)CC3. The van der Waals surface area contributed by atoms with E-state index in [1.165, 1.54) is 11.4 Å². The molecule has 3 aromatic rings. The first-order valence-corrected chi connectivity index (χ1v) is 11.4. The van der Waals surface area contributed by atoms with Gasteiger partial charge in [0.15, 0.2) is 0 Å². The van der Waals surface area contributed by atoms with Crippen molar-refractivity contribution < 1.29 is 17.9 Å². The van der Waals surface area contributed by atoms with Crippen LogP contribution in [0.4, 0.5) is 0 Å². The van der Waals surface area contributed by atoms with Gasteiger partial charge in [0.1, 0.15) is 0 Å². The van der Waals surface area contributed by atoms with Gasteiger partial charge in [-0.2, -0.15) is 4.31 Å². The molecule has 0 radical (unpaired) electrons. The van der Waals surface area contributed by atoms with Gasteiger partial charge in [0, 0.05) is 17.6 Å². The molecule has 3 aromatic carbocycles. The molecule has 0 amide bonds. The maximum absolute atomic E-state index is 13.1. The Morgan fingerprint density at radius 3 is 2.52 bits per heavy atom. The van der Waals surface area contributed by atoms with Gasteiger partial charge in [-0.3, -0.25) is 0 Å². The lowest BCUT2D eigenvalue weighted by Crippen LogP contribution is -2.36. The molecule has 0 aromatic heterocycles. The van der Waals surface area contributed by atoms with Crippen molar-refractivity contribution in [1.82, 2.24) is 4.31 Å². The first kappa shape index (κ1) is 20.1. The number of methoxy groups -OCH3 is 1. The van der Waals surface area contributed by atoms with Crippen molar-refractivity contribution in [2.24, 2.45) is 0 Å². The average Bonchev–Trinajstić information content (AvgIpc) is 2.72. The summed E-state index contributed by atoms with van der Waals surface area (Å²) < 4.78 is 33.5. The number of hydrogen-bond donors (Lipinski definition) is 0. The molecule has 1 aliphatic heterocycles. The minimum Gasteiger partial charge on any atom is -0.465 e. The highest BCUT2D eigenvalue weighted by Gasteiger charge is 2.29. The summed E-state index contributed by atoms with van der Waals surface area (Å²) in [6.07, 6.45) is 0.621. The topological polar surface area (TPSA) is 63.7 Å². The van der Waals surface area contributed by atoms with Crippen LogP contribution in [0.15, 0.2) is 57.9 Å². The lowest BCUT2D eigenvalue weighted by Gasteiger charge is -2.29. The van der Waals surface area contributed by atoms with Crippen LogP contribution < -0.4 is 0 Å². The summed E-state index contributed by atoms with van der Waals surface area (Å²) in [5.74, 6) is -0.399. The molecule has 0 fully saturated rings. The van der Waals surface area contributed by atoms with E-state index in [9.17, 15) is 13.2 Å². The normalized spacial score (nSPS) is 14.6. The van der Waals surface area contributed by atoms with Crippen LogP contribution in [0, 0.1) is 6.92 Å². The number of carbonyl (C=O) groups excluding carboxylic acids is 1. The van der Waals surface area contributed by atoms with Crippen LogP contribution in [0.25, 0.3) is 10.8 Å². The van der Waals surface area contributed by atoms with E-state index in [0.29, 0.717) is 30.0 Å². The van der Waals surface area contributed by atoms with E-state index in [1.807, 2.05) is 31.2 Å². The summed E-state index contributed by atoms with van der Waals surface area (Å²) in [5, 5.41) is 1.86. The standard InChI is InChI=1S/C22H20BrNO4S/c1-14-3-6-18(7-4-14)29(26,27)24-10-9-20-17(13-24)12-16-11-15(22(25)28-2)5-8-19(16)21(20)23/h3-8,11-12H,9-10,13H2,1-2H3. The molecule has 0 bridgehead atoms. The summed E-state index contributed by atoms with van der Waals surface area (Å²) in [7, 11) is -2.22. The van der Waals surface area contributed by atoms with Crippen LogP contribution in [0.2, 0.25) is 0 Å². The minimum absolute atomic E-state index is 0.294. The number of fused-ring (bicyclic) bond motifs is 2. The molecular weight excluding hydrogens is 454 g/mol. The first-order chi connectivity index (χ1) is 13.8. The number of esters is 1. The van der Waals surface area contributed by atoms with E-state index in [2.05, 4.69) is 15.9 Å². The lowest BCUT2D eigenvalue weighted by molar-refractivity contribution is 0.0601. The fourth-order valence-corrected chi connectivity index (χ4v) is 5.92. The van der Waals surface area contributed by atoms with Gasteiger partial charge in [-0.05, 0) is 81.5 Å². The molecule has 1 aliphatic rings. The van der Waals surface area contributed by atoms with Crippen LogP contribution >= 0.6 is 15.9 Å². The highest BCUT2D eigenvalue weighted by atomic mass is 79.9. The molecule has 1 heterocycles. The zero-order chi connectivity index (χ0) is 20.8. The molecule has 4 rings (SSSR count). The van der Waals surface area contributed by atoms with E-state index in [0.717, 1.165) is 31.9 Å². The van der Waals surface area contributed by atoms with Crippen molar-refractivity contribution in [3.63, 3.8) is 0 Å². The number of rotatable bonds is 3. The van der Waals surface area contributed by atoms with Crippen molar-refractivity contribution in [3.8, 4) is 0 Å². The number of hydrogen-bond acceptors (Lipinski definition) is 4. The maximum Gasteiger partial charge on any atom is 0.337 e. The first-order valence-electron chi connectivity index (χ1n) is 9.20. The minimum atomic E-state index is -3.57. The summed E-state index contributed by atoms with van der Waals surface area (Å²) in [6.45, 7) is 2.65. The predicted octanol–water partition coefficient (Wildman–Crippen LogP) is 4.44. The summed E-state index contributed by atoms with van der Waals surface area (Å²) in [6, 6.07) is 14.3. The van der Waals surface area contributed by atoms with Gasteiger partial charge in [-0.25, -0.2) is 13.2 Å². The smallest absolute Gasteiger partial charge is 0.337 e. The van der Waals surface area contributed by atoms with Crippen LogP contribution in [0.5, 0.6) is 0 Å². The number of aryl methyl sites for hydroxylation is 1. The molecule has 0 saturated carbocycles. The molecule has 5 nitrogen and oxygen atoms in total. The maximum atomic E-state index is 13.1. The largest absolute Gasteiger partial charge is 0.465 e. The Morgan fingerprint density at radius 1 is 1.10 bits per heavy atom. The summed E-state index contributed by atoms with van der Waals surface area (Å²) >= 11 is 3.69. The van der Waals surface area contributed by atoms with Gasteiger partial charge >= 0.3 is 5.97 Å². The van der Waals surface area contributed by atoms with Gasteiger partial charge in [0.25, 0.3) is 0 Å². The Balaban J connectivity index is 1.74. The molecule has 0 unspecified atom stereocenters. The number of benzene rings is 3. The Hall–Kier alpha value is -2.22. The fourth-order valence-electron chi connectivity index (χ4n) is 3.69. The van der Waals surface area contributed by atoms with Crippen LogP contribution in [-0.4, -0.2) is 32.3 Å². The second kappa shape index (κ2) is 7.55. The zero-order valence-corrected chi connectivity index (χ0v) is 18.5. The zero-order valence-electron chi connectivity index (χ0n) is 16.1. The van der Waals surface area contributed by atoms with Crippen molar-refractivity contribution in [2.75, 3.05) is 13.7 Å². The number of carbonyl (C=O) groups is 1. The number of ether oxygens (including phenoxy) is 1. The molecule has 7 heteroatoms. The third kappa shape index (κ3) is 3.58. The Morgan fingerprint density at radius 2 is 1.83 bits per heavy atom. The second-order valence-electron chi connectivity index (χ2n) is 7.16. The lowest BCUT2D eigenvalue weighted by atomic mass is 9.95. The van der Waals surface area contributed by atoms with Crippen molar-refractivity contribution in [2.45, 2.75) is 24.8 Å². The highest BCUT2D eigenvalue weighted by molar-refractivity contribution is 9.10. The molecule has 29 heavy (non-hydrogen) atoms. The third-order valence-electron chi connectivity index (χ3n) is 5.31. The van der Waals surface area contributed by atoms with Gasteiger partial charge in [0.2, 0.25) is 10.0 Å². The summed E-state index contributed by atoms with van der Waals surface area (Å²) in [4.78, 5) is 12.2. The van der Waals surface area contributed by atoms with E-state index in [-0.39, 0.29) is 0 Å². The average molecular weight is 474 g/mol.